The minimum Gasteiger partial charge on any atom is -0.378 e. The van der Waals surface area contributed by atoms with E-state index in [0.29, 0.717) is 49.7 Å². The van der Waals surface area contributed by atoms with Crippen LogP contribution in [-0.4, -0.2) is 92.3 Å². The molecule has 2 N–H and O–H groups in total. The van der Waals surface area contributed by atoms with Crippen molar-refractivity contribution >= 4 is 44.0 Å². The number of morpholine rings is 1. The zero-order valence-electron chi connectivity index (χ0n) is 17.4. The monoisotopic (exact) mass is 548 g/mol. The van der Waals surface area contributed by atoms with Gasteiger partial charge in [0.05, 0.1) is 29.6 Å². The first kappa shape index (κ1) is 23.5. The van der Waals surface area contributed by atoms with E-state index in [4.69, 9.17) is 10.6 Å². The van der Waals surface area contributed by atoms with Crippen LogP contribution in [0, 0.1) is 0 Å². The molecule has 1 unspecified atom stereocenters. The first-order chi connectivity index (χ1) is 14.2. The average Bonchev–Trinajstić information content (AvgIpc) is 2.72. The number of nitrogens with zero attached hydrogens (tertiary/aromatic N) is 3. The summed E-state index contributed by atoms with van der Waals surface area (Å²) in [5.74, 6) is 6.16. The number of hydrogen-bond acceptors (Lipinski definition) is 7. The first-order valence-corrected chi connectivity index (χ1v) is 12.8. The lowest BCUT2D eigenvalue weighted by atomic mass is 10.0. The number of rotatable bonds is 7. The Hall–Kier alpha value is -1.21. The van der Waals surface area contributed by atoms with Crippen molar-refractivity contribution in [1.29, 1.82) is 0 Å². The van der Waals surface area contributed by atoms with Gasteiger partial charge in [-0.25, -0.2) is 14.3 Å². The number of amides is 1. The minimum atomic E-state index is -3.55. The lowest BCUT2D eigenvalue weighted by Gasteiger charge is -2.34. The Morgan fingerprint density at radius 1 is 1.23 bits per heavy atom. The van der Waals surface area contributed by atoms with Crippen LogP contribution in [0.1, 0.15) is 12.0 Å². The van der Waals surface area contributed by atoms with Crippen LogP contribution in [0.25, 0.3) is 5.70 Å². The van der Waals surface area contributed by atoms with Gasteiger partial charge in [-0.05, 0) is 38.7 Å². The van der Waals surface area contributed by atoms with Crippen LogP contribution < -0.4 is 5.84 Å². The predicted molar refractivity (Wildman–Crippen MR) is 125 cm³/mol. The van der Waals surface area contributed by atoms with E-state index < -0.39 is 13.8 Å². The molecule has 0 aromatic heterocycles. The number of sulfone groups is 1. The number of nitrogens with two attached hydrogens (primary N) is 1. The van der Waals surface area contributed by atoms with Crippen molar-refractivity contribution in [3.05, 3.63) is 35.4 Å². The maximum absolute atomic E-state index is 13.2. The minimum absolute atomic E-state index is 0.0947. The molecule has 1 atom stereocenters. The fourth-order valence-corrected chi connectivity index (χ4v) is 6.61. The zero-order valence-corrected chi connectivity index (χ0v) is 20.4. The summed E-state index contributed by atoms with van der Waals surface area (Å²) in [6, 6.07) is 6.90. The third-order valence-corrected chi connectivity index (χ3v) is 8.27. The van der Waals surface area contributed by atoms with E-state index in [0.717, 1.165) is 13.0 Å². The molecular formula is C20H29IN4O4S. The van der Waals surface area contributed by atoms with Crippen molar-refractivity contribution in [1.82, 2.24) is 14.8 Å². The number of carbonyl (C=O) groups excluding carboxylic acids is 1. The van der Waals surface area contributed by atoms with Crippen molar-refractivity contribution < 1.29 is 17.9 Å². The lowest BCUT2D eigenvalue weighted by Crippen LogP contribution is -2.46. The molecule has 2 aliphatic rings. The van der Waals surface area contributed by atoms with Gasteiger partial charge in [0.15, 0.2) is 9.84 Å². The first-order valence-electron chi connectivity index (χ1n) is 9.95. The highest BCUT2D eigenvalue weighted by Crippen LogP contribution is 2.38. The standard InChI is InChI=1S/C20H29IN4O4S/c1-23(2)8-5-9-25(22)19-15-6-3-4-7-17(15)30(27,28)14-16(19)18(21)20(26)24-10-12-29-13-11-24/h3-4,6-7,18H,5,8-14,22H2,1-2H3. The second-order valence-electron chi connectivity index (χ2n) is 7.78. The fraction of sp³-hybridized carbons (Fsp3) is 0.550. The van der Waals surface area contributed by atoms with Crippen LogP contribution >= 0.6 is 22.6 Å². The molecule has 1 fully saturated rings. The number of hydrazine groups is 1. The second kappa shape index (κ2) is 9.94. The van der Waals surface area contributed by atoms with Gasteiger partial charge in [0.25, 0.3) is 0 Å². The van der Waals surface area contributed by atoms with Crippen molar-refractivity contribution in [3.8, 4) is 0 Å². The molecule has 3 rings (SSSR count). The normalized spacial score (nSPS) is 19.6. The number of fused-ring (bicyclic) bond motifs is 1. The maximum atomic E-state index is 13.2. The number of carbonyl (C=O) groups is 1. The number of alkyl halides is 1. The Morgan fingerprint density at radius 3 is 2.57 bits per heavy atom. The highest BCUT2D eigenvalue weighted by Gasteiger charge is 2.38. The maximum Gasteiger partial charge on any atom is 0.239 e. The van der Waals surface area contributed by atoms with E-state index >= 15 is 0 Å². The molecule has 0 aliphatic carbocycles. The van der Waals surface area contributed by atoms with Crippen molar-refractivity contribution in [2.45, 2.75) is 15.2 Å². The quantitative estimate of drug-likeness (QED) is 0.235. The van der Waals surface area contributed by atoms with Gasteiger partial charge in [-0.3, -0.25) is 4.79 Å². The molecule has 1 aromatic carbocycles. The highest BCUT2D eigenvalue weighted by atomic mass is 127. The van der Waals surface area contributed by atoms with Gasteiger partial charge in [-0.2, -0.15) is 0 Å². The topological polar surface area (TPSA) is 96.2 Å². The van der Waals surface area contributed by atoms with Crippen molar-refractivity contribution in [2.75, 3.05) is 59.2 Å². The molecule has 10 heteroatoms. The van der Waals surface area contributed by atoms with Crippen molar-refractivity contribution in [3.63, 3.8) is 0 Å². The van der Waals surface area contributed by atoms with Crippen LogP contribution in [0.15, 0.2) is 34.7 Å². The van der Waals surface area contributed by atoms with E-state index in [1.165, 1.54) is 0 Å². The molecule has 2 heterocycles. The Labute approximate surface area is 192 Å². The Morgan fingerprint density at radius 2 is 1.90 bits per heavy atom. The molecule has 1 aromatic rings. The Balaban J connectivity index is 2.00. The lowest BCUT2D eigenvalue weighted by molar-refractivity contribution is -0.133. The molecular weight excluding hydrogens is 519 g/mol. The largest absolute Gasteiger partial charge is 0.378 e. The second-order valence-corrected chi connectivity index (χ2v) is 11.0. The molecule has 1 amide bonds. The number of hydrogen-bond donors (Lipinski definition) is 1. The van der Waals surface area contributed by atoms with Crippen LogP contribution in [0.2, 0.25) is 0 Å². The summed E-state index contributed by atoms with van der Waals surface area (Å²) in [6.45, 7) is 3.43. The Bertz CT molecular complexity index is 913. The summed E-state index contributed by atoms with van der Waals surface area (Å²) in [6.07, 6.45) is 0.818. The van der Waals surface area contributed by atoms with Crippen LogP contribution in [0.4, 0.5) is 0 Å². The van der Waals surface area contributed by atoms with Gasteiger partial charge in [0.1, 0.15) is 3.92 Å². The molecule has 0 bridgehead atoms. The number of ether oxygens (including phenoxy) is 1. The smallest absolute Gasteiger partial charge is 0.239 e. The van der Waals surface area contributed by atoms with E-state index in [-0.39, 0.29) is 16.6 Å². The van der Waals surface area contributed by atoms with Crippen molar-refractivity contribution in [2.24, 2.45) is 5.84 Å². The fourth-order valence-electron chi connectivity index (χ4n) is 3.75. The van der Waals surface area contributed by atoms with E-state index in [1.807, 2.05) is 14.1 Å². The van der Waals surface area contributed by atoms with Gasteiger partial charge in [-0.1, -0.05) is 40.8 Å². The van der Waals surface area contributed by atoms with Crippen LogP contribution in [0.5, 0.6) is 0 Å². The third-order valence-electron chi connectivity index (χ3n) is 5.26. The van der Waals surface area contributed by atoms with Crippen LogP contribution in [-0.2, 0) is 19.4 Å². The van der Waals surface area contributed by atoms with E-state index in [1.54, 1.807) is 34.2 Å². The van der Waals surface area contributed by atoms with Gasteiger partial charge < -0.3 is 19.5 Å². The molecule has 0 saturated carbocycles. The summed E-state index contributed by atoms with van der Waals surface area (Å²) < 4.78 is 30.7. The SMILES string of the molecule is CN(C)CCCN(N)C1=C(C(I)C(=O)N2CCOCC2)CS(=O)(=O)c2ccccc21. The summed E-state index contributed by atoms with van der Waals surface area (Å²) in [7, 11) is 0.442. The zero-order chi connectivity index (χ0) is 21.9. The van der Waals surface area contributed by atoms with Gasteiger partial charge in [0.2, 0.25) is 5.91 Å². The third kappa shape index (κ3) is 5.16. The molecule has 8 nitrogen and oxygen atoms in total. The van der Waals surface area contributed by atoms with Gasteiger partial charge in [0, 0.05) is 25.2 Å². The summed E-state index contributed by atoms with van der Waals surface area (Å²) in [5, 5.41) is 1.62. The van der Waals surface area contributed by atoms with E-state index in [9.17, 15) is 13.2 Å². The summed E-state index contributed by atoms with van der Waals surface area (Å²) in [4.78, 5) is 17.2. The summed E-state index contributed by atoms with van der Waals surface area (Å²) >= 11 is 2.06. The number of halogens is 1. The summed E-state index contributed by atoms with van der Waals surface area (Å²) in [5.41, 5.74) is 1.78. The average molecular weight is 548 g/mol. The Kier molecular flexibility index (Phi) is 7.77. The molecule has 166 valence electrons. The van der Waals surface area contributed by atoms with Gasteiger partial charge >= 0.3 is 0 Å². The predicted octanol–water partition coefficient (Wildman–Crippen LogP) is 0.975. The molecule has 2 aliphatic heterocycles. The van der Waals surface area contributed by atoms with Crippen LogP contribution in [0.3, 0.4) is 0 Å². The highest BCUT2D eigenvalue weighted by molar-refractivity contribution is 14.1. The molecule has 1 saturated heterocycles. The molecule has 0 radical (unpaired) electrons. The number of benzene rings is 1. The molecule has 30 heavy (non-hydrogen) atoms. The van der Waals surface area contributed by atoms with E-state index in [2.05, 4.69) is 27.5 Å². The van der Waals surface area contributed by atoms with Gasteiger partial charge in [-0.15, -0.1) is 0 Å². The molecule has 0 spiro atoms.